The van der Waals surface area contributed by atoms with Gasteiger partial charge < -0.3 is 0 Å². The Hall–Kier alpha value is -2.28. The van der Waals surface area contributed by atoms with E-state index in [0.717, 1.165) is 22.5 Å². The van der Waals surface area contributed by atoms with Gasteiger partial charge in [-0.15, -0.1) is 0 Å². The van der Waals surface area contributed by atoms with Crippen LogP contribution in [-0.2, 0) is 0 Å². The number of hydrogen-bond acceptors (Lipinski definition) is 0. The summed E-state index contributed by atoms with van der Waals surface area (Å²) in [4.78, 5) is 0. The summed E-state index contributed by atoms with van der Waals surface area (Å²) >= 11 is 0. The zero-order chi connectivity index (χ0) is 18.8. The average molecular weight is 354 g/mol. The molecule has 1 aliphatic carbocycles. The van der Waals surface area contributed by atoms with Crippen molar-refractivity contribution in [1.82, 2.24) is 0 Å². The van der Waals surface area contributed by atoms with Gasteiger partial charge in [0.25, 0.3) is 0 Å². The first kappa shape index (κ1) is 18.1. The van der Waals surface area contributed by atoms with Crippen molar-refractivity contribution in [3.63, 3.8) is 0 Å². The molecule has 0 aromatic heterocycles. The highest BCUT2D eigenvalue weighted by molar-refractivity contribution is 6.32. The molecule has 0 heterocycles. The van der Waals surface area contributed by atoms with Crippen LogP contribution in [0.5, 0.6) is 0 Å². The Morgan fingerprint density at radius 2 is 1.30 bits per heavy atom. The lowest BCUT2D eigenvalue weighted by molar-refractivity contribution is 0.444. The summed E-state index contributed by atoms with van der Waals surface area (Å²) in [6.45, 7) is 0. The molecule has 0 radical (unpaired) electrons. The van der Waals surface area contributed by atoms with Gasteiger partial charge in [-0.2, -0.15) is 0 Å². The highest BCUT2D eigenvalue weighted by Crippen LogP contribution is 2.37. The van der Waals surface area contributed by atoms with E-state index in [9.17, 15) is 4.39 Å². The SMILES string of the molecule is Bc1ccc(-c2ccc(-c3ccc(C4CCC(B)CC4)cc3)cc2F)cc1. The number of hydrogen-bond donors (Lipinski definition) is 0. The Morgan fingerprint density at radius 3 is 1.93 bits per heavy atom. The molecule has 134 valence electrons. The average Bonchev–Trinajstić information content (AvgIpc) is 2.69. The van der Waals surface area contributed by atoms with E-state index < -0.39 is 0 Å². The van der Waals surface area contributed by atoms with Crippen LogP contribution < -0.4 is 5.46 Å². The quantitative estimate of drug-likeness (QED) is 0.608. The van der Waals surface area contributed by atoms with Gasteiger partial charge in [-0.25, -0.2) is 4.39 Å². The van der Waals surface area contributed by atoms with E-state index >= 15 is 0 Å². The Labute approximate surface area is 163 Å². The van der Waals surface area contributed by atoms with Crippen LogP contribution in [0.15, 0.2) is 66.7 Å². The van der Waals surface area contributed by atoms with Gasteiger partial charge in [0.15, 0.2) is 0 Å². The lowest BCUT2D eigenvalue weighted by Gasteiger charge is -2.26. The first-order chi connectivity index (χ1) is 13.1. The molecule has 0 atom stereocenters. The van der Waals surface area contributed by atoms with Crippen molar-refractivity contribution < 1.29 is 4.39 Å². The second-order valence-electron chi connectivity index (χ2n) is 8.14. The molecule has 0 spiro atoms. The summed E-state index contributed by atoms with van der Waals surface area (Å²) in [5, 5.41) is 0. The Morgan fingerprint density at radius 1 is 0.704 bits per heavy atom. The molecule has 0 N–H and O–H groups in total. The highest BCUT2D eigenvalue weighted by atomic mass is 19.1. The van der Waals surface area contributed by atoms with E-state index in [1.165, 1.54) is 36.7 Å². The third-order valence-corrected chi connectivity index (χ3v) is 6.06. The summed E-state index contributed by atoms with van der Waals surface area (Å²) in [6, 6.07) is 22.3. The van der Waals surface area contributed by atoms with Crippen LogP contribution in [0.1, 0.15) is 37.2 Å². The van der Waals surface area contributed by atoms with Gasteiger partial charge >= 0.3 is 0 Å². The molecule has 27 heavy (non-hydrogen) atoms. The van der Waals surface area contributed by atoms with Crippen molar-refractivity contribution in [3.05, 3.63) is 78.1 Å². The Kier molecular flexibility index (Phi) is 5.20. The number of benzene rings is 3. The summed E-state index contributed by atoms with van der Waals surface area (Å²) in [7, 11) is 4.40. The minimum atomic E-state index is -0.165. The fourth-order valence-corrected chi connectivity index (χ4v) is 4.20. The molecule has 4 rings (SSSR count). The van der Waals surface area contributed by atoms with E-state index in [0.29, 0.717) is 11.5 Å². The zero-order valence-electron chi connectivity index (χ0n) is 16.2. The summed E-state index contributed by atoms with van der Waals surface area (Å²) < 4.78 is 14.7. The van der Waals surface area contributed by atoms with Gasteiger partial charge in [-0.05, 0) is 47.1 Å². The van der Waals surface area contributed by atoms with Crippen molar-refractivity contribution in [2.75, 3.05) is 0 Å². The highest BCUT2D eigenvalue weighted by Gasteiger charge is 2.19. The third kappa shape index (κ3) is 4.03. The van der Waals surface area contributed by atoms with Crippen LogP contribution in [0.2, 0.25) is 5.82 Å². The van der Waals surface area contributed by atoms with Crippen molar-refractivity contribution in [2.24, 2.45) is 0 Å². The van der Waals surface area contributed by atoms with E-state index in [1.54, 1.807) is 6.07 Å². The molecule has 1 fully saturated rings. The van der Waals surface area contributed by atoms with Gasteiger partial charge in [0.05, 0.1) is 0 Å². The first-order valence-corrected chi connectivity index (χ1v) is 10.1. The minimum absolute atomic E-state index is 0.165. The van der Waals surface area contributed by atoms with Crippen molar-refractivity contribution in [3.8, 4) is 22.3 Å². The standard InChI is InChI=1S/C24H25B2F/c25-21-10-5-17(6-11-21)16-1-3-18(4-2-16)20-9-14-23(24(27)15-20)19-7-12-22(26)13-8-19/h1-4,7-9,12-15,17,21H,5-6,10-11,25-26H2. The zero-order valence-corrected chi connectivity index (χ0v) is 16.2. The molecule has 3 aromatic rings. The first-order valence-electron chi connectivity index (χ1n) is 10.1. The van der Waals surface area contributed by atoms with Gasteiger partial charge in [0.1, 0.15) is 21.5 Å². The van der Waals surface area contributed by atoms with Crippen LogP contribution in [0.3, 0.4) is 0 Å². The molecule has 0 unspecified atom stereocenters. The van der Waals surface area contributed by atoms with Crippen LogP contribution in [0.25, 0.3) is 22.3 Å². The van der Waals surface area contributed by atoms with Crippen LogP contribution >= 0.6 is 0 Å². The smallest absolute Gasteiger partial charge is 0.139 e. The van der Waals surface area contributed by atoms with Crippen molar-refractivity contribution in [2.45, 2.75) is 37.4 Å². The molecule has 0 aliphatic heterocycles. The van der Waals surface area contributed by atoms with Gasteiger partial charge in [0, 0.05) is 5.56 Å². The molecule has 1 aliphatic rings. The number of rotatable bonds is 3. The molecular weight excluding hydrogens is 329 g/mol. The van der Waals surface area contributed by atoms with Crippen molar-refractivity contribution in [1.29, 1.82) is 0 Å². The monoisotopic (exact) mass is 354 g/mol. The Bertz CT molecular complexity index is 908. The molecule has 0 amide bonds. The molecule has 1 saturated carbocycles. The molecular formula is C24H25B2F. The second kappa shape index (κ2) is 7.76. The third-order valence-electron chi connectivity index (χ3n) is 6.06. The molecule has 3 heteroatoms. The Balaban J connectivity index is 1.55. The summed E-state index contributed by atoms with van der Waals surface area (Å²) in [6.07, 6.45) is 5.25. The van der Waals surface area contributed by atoms with Crippen LogP contribution in [0.4, 0.5) is 4.39 Å². The van der Waals surface area contributed by atoms with E-state index in [2.05, 4.69) is 32.1 Å². The van der Waals surface area contributed by atoms with E-state index in [4.69, 9.17) is 0 Å². The van der Waals surface area contributed by atoms with Gasteiger partial charge in [-0.3, -0.25) is 0 Å². The van der Waals surface area contributed by atoms with Gasteiger partial charge in [-0.1, -0.05) is 84.8 Å². The van der Waals surface area contributed by atoms with E-state index in [1.807, 2.05) is 44.2 Å². The topological polar surface area (TPSA) is 0 Å². The van der Waals surface area contributed by atoms with Gasteiger partial charge in [0.2, 0.25) is 0 Å². The summed E-state index contributed by atoms with van der Waals surface area (Å²) in [5.41, 5.74) is 6.22. The van der Waals surface area contributed by atoms with Crippen molar-refractivity contribution >= 4 is 21.2 Å². The van der Waals surface area contributed by atoms with E-state index in [-0.39, 0.29) is 5.82 Å². The minimum Gasteiger partial charge on any atom is -0.206 e. The lowest BCUT2D eigenvalue weighted by atomic mass is 9.70. The fourth-order valence-electron chi connectivity index (χ4n) is 4.20. The number of halogens is 1. The predicted octanol–water partition coefficient (Wildman–Crippen LogP) is 4.50. The molecule has 3 aromatic carbocycles. The maximum absolute atomic E-state index is 14.7. The van der Waals surface area contributed by atoms with Crippen LogP contribution in [0, 0.1) is 5.82 Å². The molecule has 0 bridgehead atoms. The molecule has 0 nitrogen and oxygen atoms in total. The summed E-state index contributed by atoms with van der Waals surface area (Å²) in [5.74, 6) is 1.40. The fraction of sp³-hybridized carbons (Fsp3) is 0.250. The van der Waals surface area contributed by atoms with Crippen LogP contribution in [-0.4, -0.2) is 15.7 Å². The second-order valence-corrected chi connectivity index (χ2v) is 8.14. The maximum atomic E-state index is 14.7. The maximum Gasteiger partial charge on any atom is 0.139 e. The lowest BCUT2D eigenvalue weighted by Crippen LogP contribution is -2.09. The largest absolute Gasteiger partial charge is 0.206 e. The predicted molar refractivity (Wildman–Crippen MR) is 119 cm³/mol. The normalized spacial score (nSPS) is 19.7. The molecule has 0 saturated heterocycles.